The number of thiophene rings is 1. The molecule has 0 aliphatic heterocycles. The number of nitrogens with zero attached hydrogens (tertiary/aromatic N) is 3. The van der Waals surface area contributed by atoms with E-state index in [1.807, 2.05) is 13.8 Å². The number of hydrogen-bond acceptors (Lipinski definition) is 6. The molecule has 1 amide bonds. The Labute approximate surface area is 160 Å². The van der Waals surface area contributed by atoms with E-state index in [9.17, 15) is 4.79 Å². The standard InChI is InChI=1S/C19H18N4OS2/c1-10-11(2)25-18-16(10)19(22-13(4)21-18)26-12(3)17(24)23-15-7-5-6-14(8-15)9-20/h5-8,12H,1-4H3,(H,23,24)/t12-/m0/s1. The van der Waals surface area contributed by atoms with Gasteiger partial charge in [-0.1, -0.05) is 17.8 Å². The zero-order valence-electron chi connectivity index (χ0n) is 15.0. The van der Waals surface area contributed by atoms with Gasteiger partial charge in [-0.3, -0.25) is 4.79 Å². The maximum atomic E-state index is 12.6. The van der Waals surface area contributed by atoms with Gasteiger partial charge in [-0.25, -0.2) is 9.97 Å². The van der Waals surface area contributed by atoms with Crippen LogP contribution < -0.4 is 5.32 Å². The third-order valence-electron chi connectivity index (χ3n) is 4.02. The first-order chi connectivity index (χ1) is 12.4. The van der Waals surface area contributed by atoms with Crippen LogP contribution in [0.15, 0.2) is 29.3 Å². The van der Waals surface area contributed by atoms with E-state index < -0.39 is 0 Å². The van der Waals surface area contributed by atoms with Crippen LogP contribution in [0.2, 0.25) is 0 Å². The highest BCUT2D eigenvalue weighted by Crippen LogP contribution is 2.36. The van der Waals surface area contributed by atoms with Crippen molar-refractivity contribution >= 4 is 44.9 Å². The third-order valence-corrected chi connectivity index (χ3v) is 6.21. The summed E-state index contributed by atoms with van der Waals surface area (Å²) in [5.41, 5.74) is 2.30. The highest BCUT2D eigenvalue weighted by Gasteiger charge is 2.20. The molecule has 1 aromatic carbocycles. The predicted octanol–water partition coefficient (Wildman–Crippen LogP) is 4.61. The van der Waals surface area contributed by atoms with Crippen molar-refractivity contribution in [2.75, 3.05) is 5.32 Å². The Hall–Kier alpha value is -2.43. The van der Waals surface area contributed by atoms with E-state index in [0.717, 1.165) is 15.2 Å². The van der Waals surface area contributed by atoms with Crippen LogP contribution in [0.3, 0.4) is 0 Å². The Morgan fingerprint density at radius 1 is 1.31 bits per heavy atom. The van der Waals surface area contributed by atoms with E-state index in [1.54, 1.807) is 35.6 Å². The summed E-state index contributed by atoms with van der Waals surface area (Å²) in [6.07, 6.45) is 0. The van der Waals surface area contributed by atoms with E-state index in [1.165, 1.54) is 22.2 Å². The number of rotatable bonds is 4. The first kappa shape index (κ1) is 18.4. The van der Waals surface area contributed by atoms with Gasteiger partial charge >= 0.3 is 0 Å². The van der Waals surface area contributed by atoms with Gasteiger partial charge in [0.15, 0.2) is 0 Å². The van der Waals surface area contributed by atoms with Crippen LogP contribution in [0.5, 0.6) is 0 Å². The number of anilines is 1. The highest BCUT2D eigenvalue weighted by atomic mass is 32.2. The molecule has 0 fully saturated rings. The monoisotopic (exact) mass is 382 g/mol. The maximum absolute atomic E-state index is 12.6. The molecule has 132 valence electrons. The Morgan fingerprint density at radius 2 is 2.08 bits per heavy atom. The van der Waals surface area contributed by atoms with E-state index in [4.69, 9.17) is 5.26 Å². The molecule has 0 radical (unpaired) electrons. The third kappa shape index (κ3) is 3.71. The van der Waals surface area contributed by atoms with E-state index in [0.29, 0.717) is 17.1 Å². The van der Waals surface area contributed by atoms with Crippen molar-refractivity contribution in [1.29, 1.82) is 5.26 Å². The SMILES string of the molecule is Cc1nc(S[C@@H](C)C(=O)Nc2cccc(C#N)c2)c2c(C)c(C)sc2n1. The van der Waals surface area contributed by atoms with Crippen molar-refractivity contribution in [3.05, 3.63) is 46.1 Å². The predicted molar refractivity (Wildman–Crippen MR) is 107 cm³/mol. The fraction of sp³-hybridized carbons (Fsp3) is 0.263. The van der Waals surface area contributed by atoms with E-state index in [-0.39, 0.29) is 11.2 Å². The van der Waals surface area contributed by atoms with Gasteiger partial charge in [0, 0.05) is 16.0 Å². The van der Waals surface area contributed by atoms with E-state index >= 15 is 0 Å². The molecule has 0 bridgehead atoms. The van der Waals surface area contributed by atoms with Crippen LogP contribution in [0.4, 0.5) is 5.69 Å². The molecule has 26 heavy (non-hydrogen) atoms. The quantitative estimate of drug-likeness (QED) is 0.527. The van der Waals surface area contributed by atoms with Crippen LogP contribution >= 0.6 is 23.1 Å². The molecular weight excluding hydrogens is 364 g/mol. The number of nitrogens with one attached hydrogen (secondary N) is 1. The largest absolute Gasteiger partial charge is 0.325 e. The molecule has 2 aromatic heterocycles. The summed E-state index contributed by atoms with van der Waals surface area (Å²) in [5, 5.41) is 13.4. The average molecular weight is 383 g/mol. The summed E-state index contributed by atoms with van der Waals surface area (Å²) in [6, 6.07) is 8.96. The van der Waals surface area contributed by atoms with Gasteiger partial charge in [-0.2, -0.15) is 5.26 Å². The summed E-state index contributed by atoms with van der Waals surface area (Å²) >= 11 is 3.08. The minimum atomic E-state index is -0.335. The molecule has 3 rings (SSSR count). The number of amides is 1. The van der Waals surface area contributed by atoms with Gasteiger partial charge < -0.3 is 5.32 Å². The molecule has 7 heteroatoms. The highest BCUT2D eigenvalue weighted by molar-refractivity contribution is 8.00. The average Bonchev–Trinajstić information content (AvgIpc) is 2.88. The molecule has 0 aliphatic rings. The summed E-state index contributed by atoms with van der Waals surface area (Å²) in [4.78, 5) is 23.8. The number of nitriles is 1. The number of carbonyl (C=O) groups excluding carboxylic acids is 1. The molecule has 0 spiro atoms. The van der Waals surface area contributed by atoms with Gasteiger partial charge in [0.1, 0.15) is 15.7 Å². The van der Waals surface area contributed by atoms with Crippen molar-refractivity contribution in [3.8, 4) is 6.07 Å². The fourth-order valence-electron chi connectivity index (χ4n) is 2.53. The summed E-state index contributed by atoms with van der Waals surface area (Å²) < 4.78 is 0. The van der Waals surface area contributed by atoms with Crippen LogP contribution in [-0.2, 0) is 4.79 Å². The maximum Gasteiger partial charge on any atom is 0.237 e. The lowest BCUT2D eigenvalue weighted by Gasteiger charge is -2.13. The fourth-order valence-corrected chi connectivity index (χ4v) is 4.72. The number of aryl methyl sites for hydroxylation is 3. The number of fused-ring (bicyclic) bond motifs is 1. The molecular formula is C19H18N4OS2. The van der Waals surface area contributed by atoms with Crippen molar-refractivity contribution in [2.45, 2.75) is 38.0 Å². The van der Waals surface area contributed by atoms with Crippen LogP contribution in [0, 0.1) is 32.1 Å². The second kappa shape index (κ2) is 7.44. The molecule has 2 heterocycles. The first-order valence-electron chi connectivity index (χ1n) is 8.11. The lowest BCUT2D eigenvalue weighted by Crippen LogP contribution is -2.22. The van der Waals surface area contributed by atoms with Gasteiger partial charge in [-0.15, -0.1) is 11.3 Å². The summed E-state index contributed by atoms with van der Waals surface area (Å²) in [7, 11) is 0. The minimum Gasteiger partial charge on any atom is -0.325 e. The summed E-state index contributed by atoms with van der Waals surface area (Å²) in [6.45, 7) is 7.86. The molecule has 0 aliphatic carbocycles. The Bertz CT molecular complexity index is 1040. The van der Waals surface area contributed by atoms with Crippen LogP contribution in [0.25, 0.3) is 10.2 Å². The molecule has 1 atom stereocenters. The molecule has 5 nitrogen and oxygen atoms in total. The smallest absolute Gasteiger partial charge is 0.237 e. The lowest BCUT2D eigenvalue weighted by atomic mass is 10.2. The molecule has 1 N–H and O–H groups in total. The van der Waals surface area contributed by atoms with Crippen molar-refractivity contribution in [1.82, 2.24) is 9.97 Å². The number of thioether (sulfide) groups is 1. The lowest BCUT2D eigenvalue weighted by molar-refractivity contribution is -0.115. The van der Waals surface area contributed by atoms with Crippen molar-refractivity contribution < 1.29 is 4.79 Å². The number of aromatic nitrogens is 2. The number of hydrogen-bond donors (Lipinski definition) is 1. The Kier molecular flexibility index (Phi) is 5.25. The normalized spacial score (nSPS) is 12.0. The van der Waals surface area contributed by atoms with Gasteiger partial charge in [0.2, 0.25) is 5.91 Å². The minimum absolute atomic E-state index is 0.126. The summed E-state index contributed by atoms with van der Waals surface area (Å²) in [5.74, 6) is 0.578. The number of carbonyl (C=O) groups is 1. The zero-order valence-corrected chi connectivity index (χ0v) is 16.6. The second-order valence-corrected chi connectivity index (χ2v) is 8.51. The van der Waals surface area contributed by atoms with Crippen molar-refractivity contribution in [2.24, 2.45) is 0 Å². The molecule has 0 saturated heterocycles. The molecule has 3 aromatic rings. The zero-order chi connectivity index (χ0) is 18.8. The van der Waals surface area contributed by atoms with Gasteiger partial charge in [0.05, 0.1) is 16.9 Å². The van der Waals surface area contributed by atoms with Crippen LogP contribution in [-0.4, -0.2) is 21.1 Å². The number of benzene rings is 1. The Morgan fingerprint density at radius 3 is 2.81 bits per heavy atom. The van der Waals surface area contributed by atoms with Crippen molar-refractivity contribution in [3.63, 3.8) is 0 Å². The van der Waals surface area contributed by atoms with E-state index in [2.05, 4.69) is 35.2 Å². The first-order valence-corrected chi connectivity index (χ1v) is 9.80. The topological polar surface area (TPSA) is 78.7 Å². The molecule has 0 unspecified atom stereocenters. The van der Waals surface area contributed by atoms with Crippen LogP contribution in [0.1, 0.15) is 28.8 Å². The molecule has 0 saturated carbocycles. The van der Waals surface area contributed by atoms with Gasteiger partial charge in [-0.05, 0) is 51.5 Å². The van der Waals surface area contributed by atoms with Gasteiger partial charge in [0.25, 0.3) is 0 Å². The Balaban J connectivity index is 1.83. The second-order valence-electron chi connectivity index (χ2n) is 5.98.